The first-order valence-electron chi connectivity index (χ1n) is 6.57. The smallest absolute Gasteiger partial charge is 0.146 e. The van der Waals surface area contributed by atoms with Crippen LogP contribution in [0.15, 0.2) is 42.5 Å². The van der Waals surface area contributed by atoms with Gasteiger partial charge in [-0.05, 0) is 31.2 Å². The van der Waals surface area contributed by atoms with Gasteiger partial charge in [0.15, 0.2) is 0 Å². The summed E-state index contributed by atoms with van der Waals surface area (Å²) >= 11 is 12.7. The van der Waals surface area contributed by atoms with Gasteiger partial charge in [0.2, 0.25) is 0 Å². The Balaban J connectivity index is 2.40. The van der Waals surface area contributed by atoms with Gasteiger partial charge in [-0.15, -0.1) is 11.6 Å². The zero-order valence-electron chi connectivity index (χ0n) is 11.7. The fourth-order valence-corrected chi connectivity index (χ4v) is 2.78. The van der Waals surface area contributed by atoms with E-state index in [1.165, 1.54) is 0 Å². The van der Waals surface area contributed by atoms with E-state index in [9.17, 15) is 0 Å². The third-order valence-corrected chi connectivity index (χ3v) is 3.86. The highest BCUT2D eigenvalue weighted by atomic mass is 35.5. The van der Waals surface area contributed by atoms with Crippen molar-refractivity contribution in [2.24, 2.45) is 0 Å². The molecule has 0 amide bonds. The highest BCUT2D eigenvalue weighted by molar-refractivity contribution is 6.32. The molecule has 3 nitrogen and oxygen atoms in total. The van der Waals surface area contributed by atoms with Crippen molar-refractivity contribution >= 4 is 34.2 Å². The molecular formula is C16H14Cl2N2O. The topological polar surface area (TPSA) is 27.1 Å². The summed E-state index contributed by atoms with van der Waals surface area (Å²) in [6.45, 7) is 1.89. The van der Waals surface area contributed by atoms with E-state index < -0.39 is 0 Å². The predicted octanol–water partition coefficient (Wildman–Crippen LogP) is 4.99. The van der Waals surface area contributed by atoms with Crippen LogP contribution in [-0.2, 0) is 0 Å². The van der Waals surface area contributed by atoms with Crippen LogP contribution in [0, 0.1) is 0 Å². The quantitative estimate of drug-likeness (QED) is 0.636. The second kappa shape index (κ2) is 5.58. The number of aromatic nitrogens is 2. The lowest BCUT2D eigenvalue weighted by Crippen LogP contribution is -2.02. The van der Waals surface area contributed by atoms with Crippen molar-refractivity contribution in [3.05, 3.63) is 53.3 Å². The average Bonchev–Trinajstić information content (AvgIpc) is 2.87. The fourth-order valence-electron chi connectivity index (χ4n) is 2.41. The molecular weight excluding hydrogens is 307 g/mol. The van der Waals surface area contributed by atoms with Crippen LogP contribution in [0.25, 0.3) is 16.7 Å². The van der Waals surface area contributed by atoms with Crippen molar-refractivity contribution in [1.82, 2.24) is 9.55 Å². The Morgan fingerprint density at radius 2 is 1.90 bits per heavy atom. The molecule has 0 fully saturated rings. The second-order valence-corrected chi connectivity index (χ2v) is 5.76. The first kappa shape index (κ1) is 14.2. The van der Waals surface area contributed by atoms with Gasteiger partial charge < -0.3 is 4.74 Å². The minimum atomic E-state index is -0.252. The molecule has 1 heterocycles. The minimum absolute atomic E-state index is 0.252. The van der Waals surface area contributed by atoms with E-state index in [1.807, 2.05) is 54.0 Å². The second-order valence-electron chi connectivity index (χ2n) is 4.70. The molecule has 0 saturated carbocycles. The maximum absolute atomic E-state index is 6.34. The van der Waals surface area contributed by atoms with Crippen molar-refractivity contribution in [1.29, 1.82) is 0 Å². The third-order valence-electron chi connectivity index (χ3n) is 3.34. The van der Waals surface area contributed by atoms with Crippen LogP contribution >= 0.6 is 23.2 Å². The summed E-state index contributed by atoms with van der Waals surface area (Å²) in [7, 11) is 1.63. The molecule has 21 heavy (non-hydrogen) atoms. The molecule has 108 valence electrons. The molecule has 5 heteroatoms. The van der Waals surface area contributed by atoms with E-state index in [4.69, 9.17) is 27.9 Å². The number of alkyl halides is 1. The summed E-state index contributed by atoms with van der Waals surface area (Å²) < 4.78 is 7.37. The standard InChI is InChI=1S/C16H14Cl2N2O/c1-10(17)16-19-15-13(8-5-9-14(15)21-2)20(16)12-7-4-3-6-11(12)18/h3-10H,1-2H3. The number of ether oxygens (including phenoxy) is 1. The SMILES string of the molecule is COc1cccc2c1nc(C(C)Cl)n2-c1ccccc1Cl. The molecule has 0 spiro atoms. The monoisotopic (exact) mass is 320 g/mol. The van der Waals surface area contributed by atoms with Crippen LogP contribution < -0.4 is 4.74 Å². The van der Waals surface area contributed by atoms with Crippen molar-refractivity contribution in [2.75, 3.05) is 7.11 Å². The van der Waals surface area contributed by atoms with Gasteiger partial charge in [-0.2, -0.15) is 0 Å². The van der Waals surface area contributed by atoms with Gasteiger partial charge in [0.1, 0.15) is 17.1 Å². The lowest BCUT2D eigenvalue weighted by molar-refractivity contribution is 0.419. The number of rotatable bonds is 3. The highest BCUT2D eigenvalue weighted by Crippen LogP contribution is 2.34. The van der Waals surface area contributed by atoms with Crippen molar-refractivity contribution in [2.45, 2.75) is 12.3 Å². The predicted molar refractivity (Wildman–Crippen MR) is 86.9 cm³/mol. The van der Waals surface area contributed by atoms with Gasteiger partial charge in [-0.25, -0.2) is 4.98 Å². The molecule has 1 atom stereocenters. The van der Waals surface area contributed by atoms with E-state index in [2.05, 4.69) is 4.98 Å². The maximum Gasteiger partial charge on any atom is 0.146 e. The Labute approximate surface area is 133 Å². The van der Waals surface area contributed by atoms with Crippen LogP contribution in [0.1, 0.15) is 18.1 Å². The molecule has 0 aliphatic heterocycles. The maximum atomic E-state index is 6.34. The first-order valence-corrected chi connectivity index (χ1v) is 7.39. The Morgan fingerprint density at radius 1 is 1.14 bits per heavy atom. The highest BCUT2D eigenvalue weighted by Gasteiger charge is 2.19. The minimum Gasteiger partial charge on any atom is -0.494 e. The molecule has 3 rings (SSSR count). The number of methoxy groups -OCH3 is 1. The van der Waals surface area contributed by atoms with Crippen molar-refractivity contribution < 1.29 is 4.74 Å². The Hall–Kier alpha value is -1.71. The number of hydrogen-bond acceptors (Lipinski definition) is 2. The van der Waals surface area contributed by atoms with Crippen LogP contribution in [0.5, 0.6) is 5.75 Å². The average molecular weight is 321 g/mol. The van der Waals surface area contributed by atoms with Gasteiger partial charge in [-0.1, -0.05) is 29.8 Å². The van der Waals surface area contributed by atoms with Gasteiger partial charge >= 0.3 is 0 Å². The number of para-hydroxylation sites is 2. The molecule has 2 aromatic carbocycles. The van der Waals surface area contributed by atoms with Gasteiger partial charge in [-0.3, -0.25) is 4.57 Å². The van der Waals surface area contributed by atoms with Crippen molar-refractivity contribution in [3.8, 4) is 11.4 Å². The largest absolute Gasteiger partial charge is 0.494 e. The van der Waals surface area contributed by atoms with Gasteiger partial charge in [0.05, 0.1) is 28.7 Å². The Kier molecular flexibility index (Phi) is 3.79. The van der Waals surface area contributed by atoms with E-state index in [-0.39, 0.29) is 5.38 Å². The van der Waals surface area contributed by atoms with Crippen LogP contribution in [-0.4, -0.2) is 16.7 Å². The third kappa shape index (κ3) is 2.37. The van der Waals surface area contributed by atoms with E-state index in [1.54, 1.807) is 7.11 Å². The van der Waals surface area contributed by atoms with E-state index >= 15 is 0 Å². The molecule has 1 aromatic heterocycles. The normalized spacial score (nSPS) is 12.6. The number of benzene rings is 2. The number of nitrogens with zero attached hydrogens (tertiary/aromatic N) is 2. The number of halogens is 2. The molecule has 0 saturated heterocycles. The van der Waals surface area contributed by atoms with Gasteiger partial charge in [0, 0.05) is 0 Å². The summed E-state index contributed by atoms with van der Waals surface area (Å²) in [4.78, 5) is 4.65. The zero-order chi connectivity index (χ0) is 15.0. The fraction of sp³-hybridized carbons (Fsp3) is 0.188. The molecule has 0 N–H and O–H groups in total. The zero-order valence-corrected chi connectivity index (χ0v) is 13.2. The lowest BCUT2D eigenvalue weighted by Gasteiger charge is -2.12. The van der Waals surface area contributed by atoms with Crippen molar-refractivity contribution in [3.63, 3.8) is 0 Å². The molecule has 0 radical (unpaired) electrons. The summed E-state index contributed by atoms with van der Waals surface area (Å²) in [5.74, 6) is 1.46. The summed E-state index contributed by atoms with van der Waals surface area (Å²) in [5.41, 5.74) is 2.56. The summed E-state index contributed by atoms with van der Waals surface area (Å²) in [6, 6.07) is 13.4. The van der Waals surface area contributed by atoms with Crippen LogP contribution in [0.4, 0.5) is 0 Å². The number of hydrogen-bond donors (Lipinski definition) is 0. The summed E-state index contributed by atoms with van der Waals surface area (Å²) in [5, 5.41) is 0.400. The van der Waals surface area contributed by atoms with Crippen LogP contribution in [0.3, 0.4) is 0 Å². The molecule has 1 unspecified atom stereocenters. The summed E-state index contributed by atoms with van der Waals surface area (Å²) in [6.07, 6.45) is 0. The number of fused-ring (bicyclic) bond motifs is 1. The Bertz CT molecular complexity index is 796. The molecule has 0 aliphatic rings. The van der Waals surface area contributed by atoms with Gasteiger partial charge in [0.25, 0.3) is 0 Å². The number of imidazole rings is 1. The Morgan fingerprint density at radius 3 is 2.57 bits per heavy atom. The molecule has 0 aliphatic carbocycles. The van der Waals surface area contributed by atoms with E-state index in [0.29, 0.717) is 5.02 Å². The van der Waals surface area contributed by atoms with Crippen LogP contribution in [0.2, 0.25) is 5.02 Å². The lowest BCUT2D eigenvalue weighted by atomic mass is 10.2. The van der Waals surface area contributed by atoms with E-state index in [0.717, 1.165) is 28.3 Å². The molecule has 0 bridgehead atoms. The first-order chi connectivity index (χ1) is 10.1. The molecule has 3 aromatic rings.